The van der Waals surface area contributed by atoms with E-state index < -0.39 is 6.10 Å². The van der Waals surface area contributed by atoms with E-state index in [2.05, 4.69) is 9.97 Å². The summed E-state index contributed by atoms with van der Waals surface area (Å²) < 4.78 is 0. The first kappa shape index (κ1) is 19.1. The van der Waals surface area contributed by atoms with Gasteiger partial charge in [0.15, 0.2) is 0 Å². The van der Waals surface area contributed by atoms with Crippen molar-refractivity contribution in [1.82, 2.24) is 14.9 Å². The van der Waals surface area contributed by atoms with E-state index in [1.807, 2.05) is 57.2 Å². The van der Waals surface area contributed by atoms with Crippen LogP contribution in [0.25, 0.3) is 0 Å². The molecule has 134 valence electrons. The lowest BCUT2D eigenvalue weighted by Crippen LogP contribution is -2.33. The van der Waals surface area contributed by atoms with Crippen molar-refractivity contribution >= 4 is 5.91 Å². The average molecular weight is 341 g/mol. The molecular weight excluding hydrogens is 314 g/mol. The molecular formula is C20H27N3O2. The number of aliphatic hydroxyl groups is 1. The molecule has 0 saturated carbocycles. The molecule has 1 unspecified atom stereocenters. The van der Waals surface area contributed by atoms with Crippen molar-refractivity contribution < 1.29 is 9.90 Å². The molecule has 2 heterocycles. The van der Waals surface area contributed by atoms with Gasteiger partial charge in [-0.15, -0.1) is 0 Å². The normalized spacial score (nSPS) is 12.6. The van der Waals surface area contributed by atoms with Gasteiger partial charge in [-0.25, -0.2) is 0 Å². The standard InChI is InChI=1S/C20H27N3O2/c1-20(2,3)18(24)10-11-19(25)23(14-16-8-4-6-12-21-16)15-17-9-5-7-13-22-17/h4-9,12-13,18,24H,10-11,14-15H2,1-3H3. The summed E-state index contributed by atoms with van der Waals surface area (Å²) in [5, 5.41) is 10.2. The zero-order chi connectivity index (χ0) is 18.3. The van der Waals surface area contributed by atoms with Gasteiger partial charge in [0.05, 0.1) is 30.6 Å². The number of carbonyl (C=O) groups is 1. The monoisotopic (exact) mass is 341 g/mol. The summed E-state index contributed by atoms with van der Waals surface area (Å²) >= 11 is 0. The lowest BCUT2D eigenvalue weighted by molar-refractivity contribution is -0.133. The SMILES string of the molecule is CC(C)(C)C(O)CCC(=O)N(Cc1ccccn1)Cc1ccccn1. The molecule has 0 radical (unpaired) electrons. The van der Waals surface area contributed by atoms with Crippen molar-refractivity contribution in [2.45, 2.75) is 52.8 Å². The second-order valence-corrected chi connectivity index (χ2v) is 7.31. The fourth-order valence-electron chi connectivity index (χ4n) is 2.46. The van der Waals surface area contributed by atoms with Crippen LogP contribution in [0.5, 0.6) is 0 Å². The smallest absolute Gasteiger partial charge is 0.223 e. The number of nitrogens with zero attached hydrogens (tertiary/aromatic N) is 3. The first-order chi connectivity index (χ1) is 11.9. The van der Waals surface area contributed by atoms with Gasteiger partial charge >= 0.3 is 0 Å². The van der Waals surface area contributed by atoms with Crippen molar-refractivity contribution in [3.05, 3.63) is 60.2 Å². The first-order valence-corrected chi connectivity index (χ1v) is 8.62. The third-order valence-electron chi connectivity index (χ3n) is 4.14. The van der Waals surface area contributed by atoms with Gasteiger partial charge in [0.1, 0.15) is 0 Å². The average Bonchev–Trinajstić information content (AvgIpc) is 2.59. The van der Waals surface area contributed by atoms with Crippen LogP contribution < -0.4 is 0 Å². The minimum atomic E-state index is -0.511. The highest BCUT2D eigenvalue weighted by Crippen LogP contribution is 2.23. The lowest BCUT2D eigenvalue weighted by Gasteiger charge is -2.27. The van der Waals surface area contributed by atoms with Crippen molar-refractivity contribution in [3.63, 3.8) is 0 Å². The summed E-state index contributed by atoms with van der Waals surface area (Å²) in [6, 6.07) is 11.3. The van der Waals surface area contributed by atoms with E-state index in [1.165, 1.54) is 0 Å². The fraction of sp³-hybridized carbons (Fsp3) is 0.450. The minimum absolute atomic E-state index is 0.000365. The van der Waals surface area contributed by atoms with Crippen LogP contribution in [-0.2, 0) is 17.9 Å². The molecule has 0 fully saturated rings. The van der Waals surface area contributed by atoms with Gasteiger partial charge < -0.3 is 10.0 Å². The van der Waals surface area contributed by atoms with Crippen LogP contribution in [0.15, 0.2) is 48.8 Å². The van der Waals surface area contributed by atoms with E-state index in [4.69, 9.17) is 0 Å². The van der Waals surface area contributed by atoms with Gasteiger partial charge in [0, 0.05) is 18.8 Å². The second-order valence-electron chi connectivity index (χ2n) is 7.31. The van der Waals surface area contributed by atoms with Crippen LogP contribution in [0.3, 0.4) is 0 Å². The Labute approximate surface area is 149 Å². The van der Waals surface area contributed by atoms with Crippen LogP contribution in [0.2, 0.25) is 0 Å². The molecule has 2 rings (SSSR count). The number of pyridine rings is 2. The van der Waals surface area contributed by atoms with E-state index >= 15 is 0 Å². The molecule has 0 bridgehead atoms. The van der Waals surface area contributed by atoms with E-state index in [0.717, 1.165) is 11.4 Å². The number of aromatic nitrogens is 2. The molecule has 1 atom stereocenters. The van der Waals surface area contributed by atoms with Crippen molar-refractivity contribution in [1.29, 1.82) is 0 Å². The number of hydrogen-bond donors (Lipinski definition) is 1. The number of rotatable bonds is 7. The first-order valence-electron chi connectivity index (χ1n) is 8.62. The Morgan fingerprint density at radius 2 is 1.56 bits per heavy atom. The summed E-state index contributed by atoms with van der Waals surface area (Å²) in [6.45, 7) is 6.79. The maximum Gasteiger partial charge on any atom is 0.223 e. The van der Waals surface area contributed by atoms with Gasteiger partial charge in [0.2, 0.25) is 5.91 Å². The molecule has 1 N–H and O–H groups in total. The summed E-state index contributed by atoms with van der Waals surface area (Å²) in [5.41, 5.74) is 1.44. The number of aliphatic hydroxyl groups excluding tert-OH is 1. The highest BCUT2D eigenvalue weighted by molar-refractivity contribution is 5.76. The third kappa shape index (κ3) is 6.27. The van der Waals surface area contributed by atoms with Crippen LogP contribution >= 0.6 is 0 Å². The molecule has 5 heteroatoms. The Morgan fingerprint density at radius 3 is 1.96 bits per heavy atom. The van der Waals surface area contributed by atoms with Crippen molar-refractivity contribution in [2.24, 2.45) is 5.41 Å². The maximum absolute atomic E-state index is 12.7. The largest absolute Gasteiger partial charge is 0.393 e. The molecule has 25 heavy (non-hydrogen) atoms. The third-order valence-corrected chi connectivity index (χ3v) is 4.14. The Hall–Kier alpha value is -2.27. The Kier molecular flexibility index (Phi) is 6.65. The van der Waals surface area contributed by atoms with Gasteiger partial charge in [-0.1, -0.05) is 32.9 Å². The van der Waals surface area contributed by atoms with Gasteiger partial charge in [-0.3, -0.25) is 14.8 Å². The lowest BCUT2D eigenvalue weighted by atomic mass is 9.86. The molecule has 0 aliphatic rings. The fourth-order valence-corrected chi connectivity index (χ4v) is 2.46. The van der Waals surface area contributed by atoms with Crippen LogP contribution in [-0.4, -0.2) is 32.0 Å². The molecule has 2 aromatic heterocycles. The minimum Gasteiger partial charge on any atom is -0.393 e. The van der Waals surface area contributed by atoms with Crippen LogP contribution in [0, 0.1) is 5.41 Å². The quantitative estimate of drug-likeness (QED) is 0.840. The van der Waals surface area contributed by atoms with E-state index in [9.17, 15) is 9.90 Å². The van der Waals surface area contributed by atoms with Gasteiger partial charge in [0.25, 0.3) is 0 Å². The van der Waals surface area contributed by atoms with Crippen LogP contribution in [0.4, 0.5) is 0 Å². The van der Waals surface area contributed by atoms with Crippen molar-refractivity contribution in [3.8, 4) is 0 Å². The number of amides is 1. The zero-order valence-corrected chi connectivity index (χ0v) is 15.2. The van der Waals surface area contributed by atoms with E-state index in [0.29, 0.717) is 25.9 Å². The Bertz CT molecular complexity index is 612. The molecule has 0 aromatic carbocycles. The molecule has 5 nitrogen and oxygen atoms in total. The topological polar surface area (TPSA) is 66.3 Å². The Balaban J connectivity index is 2.06. The predicted molar refractivity (Wildman–Crippen MR) is 97.4 cm³/mol. The van der Waals surface area contributed by atoms with Crippen molar-refractivity contribution in [2.75, 3.05) is 0 Å². The molecule has 0 spiro atoms. The Morgan fingerprint density at radius 1 is 1.04 bits per heavy atom. The van der Waals surface area contributed by atoms with E-state index in [1.54, 1.807) is 17.3 Å². The molecule has 0 aliphatic carbocycles. The summed E-state index contributed by atoms with van der Waals surface area (Å²) in [7, 11) is 0. The highest BCUT2D eigenvalue weighted by Gasteiger charge is 2.24. The summed E-state index contributed by atoms with van der Waals surface area (Å²) in [6.07, 6.45) is 3.69. The number of carbonyl (C=O) groups excluding carboxylic acids is 1. The number of hydrogen-bond acceptors (Lipinski definition) is 4. The van der Waals surface area contributed by atoms with E-state index in [-0.39, 0.29) is 11.3 Å². The molecule has 2 aromatic rings. The summed E-state index contributed by atoms with van der Waals surface area (Å²) in [5.74, 6) is -0.000365. The molecule has 1 amide bonds. The predicted octanol–water partition coefficient (Wildman–Crippen LogP) is 3.19. The highest BCUT2D eigenvalue weighted by atomic mass is 16.3. The van der Waals surface area contributed by atoms with Gasteiger partial charge in [-0.05, 0) is 36.1 Å². The van der Waals surface area contributed by atoms with Gasteiger partial charge in [-0.2, -0.15) is 0 Å². The molecule has 0 saturated heterocycles. The maximum atomic E-state index is 12.7. The second kappa shape index (κ2) is 8.72. The zero-order valence-electron chi connectivity index (χ0n) is 15.2. The molecule has 0 aliphatic heterocycles. The summed E-state index contributed by atoms with van der Waals surface area (Å²) in [4.78, 5) is 23.1. The van der Waals surface area contributed by atoms with Crippen LogP contribution in [0.1, 0.15) is 45.0 Å².